The predicted octanol–water partition coefficient (Wildman–Crippen LogP) is 3.09. The number of hydrogen-bond donors (Lipinski definition) is 1. The van der Waals surface area contributed by atoms with E-state index in [9.17, 15) is 9.18 Å². The number of rotatable bonds is 5. The highest BCUT2D eigenvalue weighted by Gasteiger charge is 2.32. The maximum Gasteiger partial charge on any atom is 0.234 e. The van der Waals surface area contributed by atoms with E-state index in [2.05, 4.69) is 15.5 Å². The number of carbonyl (C=O) groups excluding carboxylic acids is 1. The van der Waals surface area contributed by atoms with Crippen molar-refractivity contribution in [1.29, 1.82) is 0 Å². The summed E-state index contributed by atoms with van der Waals surface area (Å²) >= 11 is 4.37. The van der Waals surface area contributed by atoms with Gasteiger partial charge in [0.1, 0.15) is 11.2 Å². The summed E-state index contributed by atoms with van der Waals surface area (Å²) in [6.07, 6.45) is 0. The Morgan fingerprint density at radius 3 is 3.04 bits per heavy atom. The molecule has 1 aromatic carbocycles. The van der Waals surface area contributed by atoms with Crippen molar-refractivity contribution in [2.24, 2.45) is 0 Å². The van der Waals surface area contributed by atoms with Gasteiger partial charge in [-0.15, -0.1) is 22.0 Å². The Morgan fingerprint density at radius 2 is 2.30 bits per heavy atom. The van der Waals surface area contributed by atoms with Gasteiger partial charge in [0.25, 0.3) is 0 Å². The first-order valence-electron chi connectivity index (χ1n) is 6.98. The summed E-state index contributed by atoms with van der Waals surface area (Å²) in [5.74, 6) is 0.830. The van der Waals surface area contributed by atoms with Crippen molar-refractivity contribution in [3.63, 3.8) is 0 Å². The zero-order valence-corrected chi connectivity index (χ0v) is 14.8. The van der Waals surface area contributed by atoms with Crippen LogP contribution in [0.3, 0.4) is 0 Å². The smallest absolute Gasteiger partial charge is 0.234 e. The molecule has 2 heterocycles. The molecule has 1 aromatic heterocycles. The van der Waals surface area contributed by atoms with Crippen molar-refractivity contribution in [3.05, 3.63) is 35.6 Å². The van der Waals surface area contributed by atoms with E-state index in [1.165, 1.54) is 29.2 Å². The predicted molar refractivity (Wildman–Crippen MR) is 93.5 cm³/mol. The van der Waals surface area contributed by atoms with Gasteiger partial charge in [-0.2, -0.15) is 0 Å². The van der Waals surface area contributed by atoms with Crippen molar-refractivity contribution >= 4 is 45.9 Å². The average molecular weight is 370 g/mol. The maximum atomic E-state index is 14.0. The van der Waals surface area contributed by atoms with Gasteiger partial charge in [-0.3, -0.25) is 4.79 Å². The minimum absolute atomic E-state index is 0.00513. The second-order valence-electron chi connectivity index (χ2n) is 4.74. The topological polar surface area (TPSA) is 58.1 Å². The Kier molecular flexibility index (Phi) is 5.39. The molecular weight excluding hydrogens is 355 g/mol. The fraction of sp³-hybridized carbons (Fsp3) is 0.357. The van der Waals surface area contributed by atoms with Crippen LogP contribution in [0.15, 0.2) is 28.6 Å². The highest BCUT2D eigenvalue weighted by atomic mass is 32.2. The van der Waals surface area contributed by atoms with E-state index < -0.39 is 0 Å². The number of carbonyl (C=O) groups is 1. The van der Waals surface area contributed by atoms with Crippen molar-refractivity contribution in [3.8, 4) is 0 Å². The molecule has 9 heteroatoms. The van der Waals surface area contributed by atoms with Crippen LogP contribution >= 0.6 is 34.9 Å². The molecule has 1 aliphatic rings. The third-order valence-electron chi connectivity index (χ3n) is 3.32. The second-order valence-corrected chi connectivity index (χ2v) is 8.13. The first-order valence-corrected chi connectivity index (χ1v) is 9.83. The van der Waals surface area contributed by atoms with Crippen molar-refractivity contribution in [2.75, 3.05) is 30.4 Å². The van der Waals surface area contributed by atoms with E-state index in [-0.39, 0.29) is 22.9 Å². The Hall–Kier alpha value is -1.32. The summed E-state index contributed by atoms with van der Waals surface area (Å²) in [6, 6.07) is 6.65. The Morgan fingerprint density at radius 1 is 1.48 bits per heavy atom. The van der Waals surface area contributed by atoms with Crippen LogP contribution in [0, 0.1) is 5.82 Å². The Labute approximate surface area is 146 Å². The number of aromatic nitrogens is 2. The third-order valence-corrected chi connectivity index (χ3v) is 6.62. The van der Waals surface area contributed by atoms with Gasteiger partial charge in [-0.25, -0.2) is 4.39 Å². The summed E-state index contributed by atoms with van der Waals surface area (Å²) in [5.41, 5.74) is 0.571. The van der Waals surface area contributed by atoms with Gasteiger partial charge in [0.2, 0.25) is 11.0 Å². The number of thioether (sulfide) groups is 2. The van der Waals surface area contributed by atoms with Gasteiger partial charge in [-0.1, -0.05) is 41.3 Å². The number of nitrogens with zero attached hydrogens (tertiary/aromatic N) is 3. The van der Waals surface area contributed by atoms with E-state index >= 15 is 0 Å². The third kappa shape index (κ3) is 3.78. The van der Waals surface area contributed by atoms with Crippen LogP contribution in [-0.4, -0.2) is 46.1 Å². The van der Waals surface area contributed by atoms with E-state index in [0.29, 0.717) is 12.1 Å². The highest BCUT2D eigenvalue weighted by molar-refractivity contribution is 8.01. The minimum Gasteiger partial charge on any atom is -0.363 e. The number of amides is 1. The summed E-state index contributed by atoms with van der Waals surface area (Å²) in [6.45, 7) is 0.640. The molecule has 0 bridgehead atoms. The highest BCUT2D eigenvalue weighted by Crippen LogP contribution is 2.39. The zero-order valence-electron chi connectivity index (χ0n) is 12.4. The van der Waals surface area contributed by atoms with Crippen LogP contribution < -0.4 is 5.32 Å². The summed E-state index contributed by atoms with van der Waals surface area (Å²) < 4.78 is 14.7. The molecule has 0 saturated carbocycles. The Balaban J connectivity index is 1.65. The van der Waals surface area contributed by atoms with Crippen LogP contribution in [0.4, 0.5) is 9.52 Å². The van der Waals surface area contributed by atoms with E-state index in [0.717, 1.165) is 15.2 Å². The number of hydrogen-bond acceptors (Lipinski definition) is 7. The monoisotopic (exact) mass is 370 g/mol. The van der Waals surface area contributed by atoms with Crippen LogP contribution in [0.2, 0.25) is 0 Å². The Bertz CT molecular complexity index is 696. The first kappa shape index (κ1) is 16.5. The van der Waals surface area contributed by atoms with Gasteiger partial charge >= 0.3 is 0 Å². The first-order chi connectivity index (χ1) is 11.2. The van der Waals surface area contributed by atoms with Gasteiger partial charge in [0, 0.05) is 24.9 Å². The summed E-state index contributed by atoms with van der Waals surface area (Å²) in [5, 5.41) is 11.3. The molecule has 23 heavy (non-hydrogen) atoms. The van der Waals surface area contributed by atoms with Gasteiger partial charge in [-0.05, 0) is 6.07 Å². The van der Waals surface area contributed by atoms with Gasteiger partial charge in [0.05, 0.1) is 5.75 Å². The summed E-state index contributed by atoms with van der Waals surface area (Å²) in [4.78, 5) is 14.2. The lowest BCUT2D eigenvalue weighted by Crippen LogP contribution is -2.32. The molecule has 0 unspecified atom stereocenters. The fourth-order valence-electron chi connectivity index (χ4n) is 2.23. The number of benzene rings is 1. The fourth-order valence-corrected chi connectivity index (χ4v) is 5.12. The van der Waals surface area contributed by atoms with Crippen LogP contribution in [0.5, 0.6) is 0 Å². The lowest BCUT2D eigenvalue weighted by Gasteiger charge is -2.24. The average Bonchev–Trinajstić information content (AvgIpc) is 3.22. The van der Waals surface area contributed by atoms with Crippen molar-refractivity contribution in [1.82, 2.24) is 15.1 Å². The zero-order chi connectivity index (χ0) is 16.2. The largest absolute Gasteiger partial charge is 0.363 e. The molecular formula is C14H15FN4OS3. The molecule has 1 saturated heterocycles. The number of nitrogens with one attached hydrogen (secondary N) is 1. The number of halogens is 1. The lowest BCUT2D eigenvalue weighted by atomic mass is 10.2. The van der Waals surface area contributed by atoms with Gasteiger partial charge < -0.3 is 10.2 Å². The molecule has 1 aliphatic heterocycles. The van der Waals surface area contributed by atoms with Gasteiger partial charge in [0.15, 0.2) is 4.34 Å². The molecule has 1 amide bonds. The second kappa shape index (κ2) is 7.50. The normalized spacial score (nSPS) is 17.5. The quantitative estimate of drug-likeness (QED) is 0.817. The van der Waals surface area contributed by atoms with Crippen LogP contribution in [0.25, 0.3) is 0 Å². The van der Waals surface area contributed by atoms with Crippen LogP contribution in [-0.2, 0) is 4.79 Å². The van der Waals surface area contributed by atoms with Crippen molar-refractivity contribution < 1.29 is 9.18 Å². The standard InChI is InChI=1S/C14H15FN4OS3/c1-16-13-17-18-14(23-13)22-8-11(20)19-6-7-21-12(19)9-4-2-3-5-10(9)15/h2-5,12H,6-8H2,1H3,(H,16,17)/t12-/m1/s1. The molecule has 0 radical (unpaired) electrons. The molecule has 2 aromatic rings. The van der Waals surface area contributed by atoms with Crippen LogP contribution in [0.1, 0.15) is 10.9 Å². The molecule has 1 fully saturated rings. The van der Waals surface area contributed by atoms with E-state index in [4.69, 9.17) is 0 Å². The molecule has 0 aliphatic carbocycles. The minimum atomic E-state index is -0.264. The molecule has 3 rings (SSSR count). The molecule has 0 spiro atoms. The van der Waals surface area contributed by atoms with E-state index in [1.54, 1.807) is 41.9 Å². The molecule has 1 atom stereocenters. The lowest BCUT2D eigenvalue weighted by molar-refractivity contribution is -0.128. The molecule has 122 valence electrons. The maximum absolute atomic E-state index is 14.0. The number of anilines is 1. The molecule has 1 N–H and O–H groups in total. The summed E-state index contributed by atoms with van der Waals surface area (Å²) in [7, 11) is 1.78. The van der Waals surface area contributed by atoms with E-state index in [1.807, 2.05) is 0 Å². The molecule has 5 nitrogen and oxygen atoms in total. The van der Waals surface area contributed by atoms with Crippen molar-refractivity contribution in [2.45, 2.75) is 9.71 Å². The SMILES string of the molecule is CNc1nnc(SCC(=O)N2CCS[C@@H]2c2ccccc2F)s1.